The first-order valence-corrected chi connectivity index (χ1v) is 6.63. The van der Waals surface area contributed by atoms with Gasteiger partial charge in [-0.3, -0.25) is 0 Å². The molecule has 0 radical (unpaired) electrons. The molecule has 0 aliphatic rings. The summed E-state index contributed by atoms with van der Waals surface area (Å²) in [6.07, 6.45) is 3.36. The van der Waals surface area contributed by atoms with Crippen molar-refractivity contribution in [1.82, 2.24) is 9.38 Å². The minimum absolute atomic E-state index is 0.226. The number of nitrogens with zero attached hydrogens (tertiary/aromatic N) is 2. The van der Waals surface area contributed by atoms with E-state index < -0.39 is 5.97 Å². The maximum absolute atomic E-state index is 11.0. The number of aromatic carboxylic acids is 1. The third-order valence-electron chi connectivity index (χ3n) is 3.16. The number of benzene rings is 1. The molecule has 0 atom stereocenters. The number of imidazole rings is 1. The van der Waals surface area contributed by atoms with Gasteiger partial charge in [0.2, 0.25) is 0 Å². The van der Waals surface area contributed by atoms with Crippen molar-refractivity contribution in [3.05, 3.63) is 54.4 Å². The summed E-state index contributed by atoms with van der Waals surface area (Å²) in [7, 11) is 0. The molecule has 2 heterocycles. The molecule has 106 valence electrons. The average Bonchev–Trinajstić information content (AvgIpc) is 2.90. The number of carboxylic acid groups (broad SMARTS) is 1. The Balaban J connectivity index is 2.11. The van der Waals surface area contributed by atoms with Gasteiger partial charge in [-0.15, -0.1) is 0 Å². The zero-order valence-electron chi connectivity index (χ0n) is 11.5. The summed E-state index contributed by atoms with van der Waals surface area (Å²) in [6, 6.07) is 10.9. The highest BCUT2D eigenvalue weighted by Crippen LogP contribution is 2.29. The van der Waals surface area contributed by atoms with Gasteiger partial charge in [0.15, 0.2) is 0 Å². The highest BCUT2D eigenvalue weighted by molar-refractivity contribution is 5.87. The van der Waals surface area contributed by atoms with Crippen molar-refractivity contribution in [2.24, 2.45) is 0 Å². The molecule has 0 aliphatic carbocycles. The summed E-state index contributed by atoms with van der Waals surface area (Å²) in [5.41, 5.74) is 2.56. The van der Waals surface area contributed by atoms with Gasteiger partial charge >= 0.3 is 5.97 Å². The molecule has 21 heavy (non-hydrogen) atoms. The average molecular weight is 282 g/mol. The molecule has 3 rings (SSSR count). The van der Waals surface area contributed by atoms with Gasteiger partial charge in [-0.1, -0.05) is 12.1 Å². The van der Waals surface area contributed by atoms with Crippen LogP contribution in [0.25, 0.3) is 16.9 Å². The third kappa shape index (κ3) is 2.45. The second-order valence-electron chi connectivity index (χ2n) is 4.54. The number of hydrogen-bond acceptors (Lipinski definition) is 3. The fourth-order valence-corrected chi connectivity index (χ4v) is 2.21. The Morgan fingerprint density at radius 1 is 1.24 bits per heavy atom. The van der Waals surface area contributed by atoms with E-state index in [4.69, 9.17) is 9.84 Å². The summed E-state index contributed by atoms with van der Waals surface area (Å²) in [4.78, 5) is 15.5. The lowest BCUT2D eigenvalue weighted by molar-refractivity contribution is 0.0696. The van der Waals surface area contributed by atoms with E-state index in [0.29, 0.717) is 12.3 Å². The van der Waals surface area contributed by atoms with E-state index in [2.05, 4.69) is 4.98 Å². The van der Waals surface area contributed by atoms with E-state index in [1.54, 1.807) is 28.9 Å². The number of carboxylic acids is 1. The predicted octanol–water partition coefficient (Wildman–Crippen LogP) is 3.10. The van der Waals surface area contributed by atoms with Gasteiger partial charge in [0.25, 0.3) is 0 Å². The Bertz CT molecular complexity index is 808. The van der Waals surface area contributed by atoms with Gasteiger partial charge in [-0.2, -0.15) is 0 Å². The fourth-order valence-electron chi connectivity index (χ4n) is 2.21. The summed E-state index contributed by atoms with van der Waals surface area (Å²) in [5.74, 6) is -0.191. The van der Waals surface area contributed by atoms with Crippen LogP contribution in [0.1, 0.15) is 17.3 Å². The van der Waals surface area contributed by atoms with Gasteiger partial charge in [-0.05, 0) is 31.2 Å². The molecule has 0 amide bonds. The van der Waals surface area contributed by atoms with Gasteiger partial charge in [0.1, 0.15) is 11.4 Å². The SMILES string of the molecule is CCOc1ccccc1-c1cn2cc(C(=O)O)ccc2n1. The lowest BCUT2D eigenvalue weighted by Gasteiger charge is -2.07. The van der Waals surface area contributed by atoms with Crippen LogP contribution in [0.15, 0.2) is 48.8 Å². The van der Waals surface area contributed by atoms with Crippen LogP contribution in [0.4, 0.5) is 0 Å². The number of hydrogen-bond donors (Lipinski definition) is 1. The van der Waals surface area contributed by atoms with Crippen molar-refractivity contribution in [3.63, 3.8) is 0 Å². The summed E-state index contributed by atoms with van der Waals surface area (Å²) in [6.45, 7) is 2.51. The standard InChI is InChI=1S/C16H14N2O3/c1-2-21-14-6-4-3-5-12(14)13-10-18-9-11(16(19)20)7-8-15(18)17-13/h3-10H,2H2,1H3,(H,19,20). The molecule has 5 nitrogen and oxygen atoms in total. The first-order valence-electron chi connectivity index (χ1n) is 6.63. The molecular weight excluding hydrogens is 268 g/mol. The number of rotatable bonds is 4. The highest BCUT2D eigenvalue weighted by Gasteiger charge is 2.11. The molecule has 0 bridgehead atoms. The Kier molecular flexibility index (Phi) is 3.31. The number of aromatic nitrogens is 2. The number of pyridine rings is 1. The first kappa shape index (κ1) is 13.2. The number of carbonyl (C=O) groups is 1. The summed E-state index contributed by atoms with van der Waals surface area (Å²) in [5, 5.41) is 9.03. The zero-order valence-corrected chi connectivity index (χ0v) is 11.5. The van der Waals surface area contributed by atoms with E-state index >= 15 is 0 Å². The molecule has 0 saturated carbocycles. The van der Waals surface area contributed by atoms with E-state index in [9.17, 15) is 4.79 Å². The monoisotopic (exact) mass is 282 g/mol. The van der Waals surface area contributed by atoms with Crippen LogP contribution < -0.4 is 4.74 Å². The van der Waals surface area contributed by atoms with Crippen LogP contribution >= 0.6 is 0 Å². The lowest BCUT2D eigenvalue weighted by Crippen LogP contribution is -1.97. The minimum atomic E-state index is -0.957. The largest absolute Gasteiger partial charge is 0.493 e. The molecule has 0 aliphatic heterocycles. The van der Waals surface area contributed by atoms with Crippen molar-refractivity contribution < 1.29 is 14.6 Å². The molecule has 1 aromatic carbocycles. The highest BCUT2D eigenvalue weighted by atomic mass is 16.5. The second kappa shape index (κ2) is 5.28. The first-order chi connectivity index (χ1) is 10.2. The van der Waals surface area contributed by atoms with E-state index in [-0.39, 0.29) is 5.56 Å². The number of para-hydroxylation sites is 1. The van der Waals surface area contributed by atoms with Gasteiger partial charge in [0, 0.05) is 18.0 Å². The second-order valence-corrected chi connectivity index (χ2v) is 4.54. The summed E-state index contributed by atoms with van der Waals surface area (Å²) < 4.78 is 7.32. The van der Waals surface area contributed by atoms with Crippen LogP contribution in [0.2, 0.25) is 0 Å². The fraction of sp³-hybridized carbons (Fsp3) is 0.125. The van der Waals surface area contributed by atoms with Crippen molar-refractivity contribution >= 4 is 11.6 Å². The number of fused-ring (bicyclic) bond motifs is 1. The van der Waals surface area contributed by atoms with E-state index in [0.717, 1.165) is 17.0 Å². The van der Waals surface area contributed by atoms with Crippen molar-refractivity contribution in [2.75, 3.05) is 6.61 Å². The molecule has 2 aromatic heterocycles. The molecular formula is C16H14N2O3. The van der Waals surface area contributed by atoms with E-state index in [1.165, 1.54) is 0 Å². The minimum Gasteiger partial charge on any atom is -0.493 e. The molecule has 5 heteroatoms. The van der Waals surface area contributed by atoms with Crippen LogP contribution in [0.3, 0.4) is 0 Å². The molecule has 3 aromatic rings. The van der Waals surface area contributed by atoms with Crippen molar-refractivity contribution in [2.45, 2.75) is 6.92 Å². The number of ether oxygens (including phenoxy) is 1. The topological polar surface area (TPSA) is 63.8 Å². The lowest BCUT2D eigenvalue weighted by atomic mass is 10.1. The Morgan fingerprint density at radius 3 is 2.81 bits per heavy atom. The Hall–Kier alpha value is -2.82. The maximum atomic E-state index is 11.0. The zero-order chi connectivity index (χ0) is 14.8. The van der Waals surface area contributed by atoms with Crippen LogP contribution in [0, 0.1) is 0 Å². The normalized spacial score (nSPS) is 10.7. The molecule has 0 unspecified atom stereocenters. The molecule has 0 spiro atoms. The van der Waals surface area contributed by atoms with Crippen molar-refractivity contribution in [3.8, 4) is 17.0 Å². The van der Waals surface area contributed by atoms with Crippen LogP contribution in [-0.4, -0.2) is 27.1 Å². The molecule has 1 N–H and O–H groups in total. The third-order valence-corrected chi connectivity index (χ3v) is 3.16. The van der Waals surface area contributed by atoms with E-state index in [1.807, 2.05) is 31.2 Å². The quantitative estimate of drug-likeness (QED) is 0.798. The van der Waals surface area contributed by atoms with Gasteiger partial charge in [0.05, 0.1) is 17.9 Å². The van der Waals surface area contributed by atoms with Gasteiger partial charge < -0.3 is 14.2 Å². The molecule has 0 saturated heterocycles. The smallest absolute Gasteiger partial charge is 0.337 e. The Morgan fingerprint density at radius 2 is 2.05 bits per heavy atom. The van der Waals surface area contributed by atoms with Gasteiger partial charge in [-0.25, -0.2) is 9.78 Å². The van der Waals surface area contributed by atoms with Crippen molar-refractivity contribution in [1.29, 1.82) is 0 Å². The molecule has 0 fully saturated rings. The maximum Gasteiger partial charge on any atom is 0.337 e. The Labute approximate surface area is 121 Å². The van der Waals surface area contributed by atoms with Crippen LogP contribution in [-0.2, 0) is 0 Å². The van der Waals surface area contributed by atoms with Crippen LogP contribution in [0.5, 0.6) is 5.75 Å². The predicted molar refractivity (Wildman–Crippen MR) is 78.8 cm³/mol. The summed E-state index contributed by atoms with van der Waals surface area (Å²) >= 11 is 0.